The number of nitrogens with one attached hydrogen (secondary N) is 2. The van der Waals surface area contributed by atoms with Crippen LogP contribution in [0.15, 0.2) is 42.5 Å². The largest absolute Gasteiger partial charge is 0.352 e. The molecule has 0 aromatic heterocycles. The van der Waals surface area contributed by atoms with Crippen LogP contribution in [0, 0.1) is 6.92 Å². The van der Waals surface area contributed by atoms with Gasteiger partial charge in [0.25, 0.3) is 5.91 Å². The van der Waals surface area contributed by atoms with Crippen molar-refractivity contribution in [3.8, 4) is 0 Å². The van der Waals surface area contributed by atoms with Crippen molar-refractivity contribution in [2.75, 3.05) is 6.54 Å². The SMILES string of the molecule is Cc1ccccc1C(=O)NCCC(=O)N[C@H](C)c1ccc(Cl)cc1Cl. The first-order valence-corrected chi connectivity index (χ1v) is 8.72. The van der Waals surface area contributed by atoms with Gasteiger partial charge >= 0.3 is 0 Å². The summed E-state index contributed by atoms with van der Waals surface area (Å²) in [6, 6.07) is 12.2. The van der Waals surface area contributed by atoms with Crippen LogP contribution in [0.2, 0.25) is 10.0 Å². The van der Waals surface area contributed by atoms with Crippen LogP contribution < -0.4 is 10.6 Å². The molecular weight excluding hydrogens is 359 g/mol. The first-order valence-electron chi connectivity index (χ1n) is 7.96. The predicted octanol–water partition coefficient (Wildman–Crippen LogP) is 4.30. The van der Waals surface area contributed by atoms with E-state index < -0.39 is 0 Å². The Balaban J connectivity index is 1.82. The molecule has 0 aliphatic heterocycles. The third-order valence-electron chi connectivity index (χ3n) is 3.83. The fraction of sp³-hybridized carbons (Fsp3) is 0.263. The fourth-order valence-electron chi connectivity index (χ4n) is 2.46. The van der Waals surface area contributed by atoms with E-state index in [4.69, 9.17) is 23.2 Å². The number of amides is 2. The van der Waals surface area contributed by atoms with Crippen LogP contribution in [0.5, 0.6) is 0 Å². The highest BCUT2D eigenvalue weighted by atomic mass is 35.5. The lowest BCUT2D eigenvalue weighted by Gasteiger charge is -2.16. The van der Waals surface area contributed by atoms with Gasteiger partial charge in [0.2, 0.25) is 5.91 Å². The number of hydrogen-bond donors (Lipinski definition) is 2. The molecule has 0 spiro atoms. The first kappa shape index (κ1) is 19.3. The average Bonchev–Trinajstić information content (AvgIpc) is 2.54. The maximum absolute atomic E-state index is 12.1. The predicted molar refractivity (Wildman–Crippen MR) is 101 cm³/mol. The van der Waals surface area contributed by atoms with Gasteiger partial charge in [-0.1, -0.05) is 47.5 Å². The zero-order valence-electron chi connectivity index (χ0n) is 14.1. The van der Waals surface area contributed by atoms with Crippen molar-refractivity contribution in [1.82, 2.24) is 10.6 Å². The Kier molecular flexibility index (Phi) is 6.85. The molecule has 4 nitrogen and oxygen atoms in total. The molecule has 132 valence electrons. The Labute approximate surface area is 157 Å². The molecule has 0 unspecified atom stereocenters. The third-order valence-corrected chi connectivity index (χ3v) is 4.40. The first-order chi connectivity index (χ1) is 11.9. The summed E-state index contributed by atoms with van der Waals surface area (Å²) in [5.41, 5.74) is 2.31. The summed E-state index contributed by atoms with van der Waals surface area (Å²) in [6.45, 7) is 3.98. The molecule has 0 aliphatic carbocycles. The monoisotopic (exact) mass is 378 g/mol. The van der Waals surface area contributed by atoms with E-state index >= 15 is 0 Å². The topological polar surface area (TPSA) is 58.2 Å². The van der Waals surface area contributed by atoms with Crippen molar-refractivity contribution in [3.63, 3.8) is 0 Å². The molecule has 0 aliphatic rings. The van der Waals surface area contributed by atoms with Crippen LogP contribution in [-0.2, 0) is 4.79 Å². The van der Waals surface area contributed by atoms with E-state index in [1.165, 1.54) is 0 Å². The van der Waals surface area contributed by atoms with E-state index in [9.17, 15) is 9.59 Å². The van der Waals surface area contributed by atoms with Crippen molar-refractivity contribution >= 4 is 35.0 Å². The minimum atomic E-state index is -0.246. The van der Waals surface area contributed by atoms with Crippen molar-refractivity contribution in [1.29, 1.82) is 0 Å². The van der Waals surface area contributed by atoms with E-state index in [0.29, 0.717) is 15.6 Å². The summed E-state index contributed by atoms with van der Waals surface area (Å²) in [4.78, 5) is 24.2. The van der Waals surface area contributed by atoms with E-state index in [1.807, 2.05) is 32.0 Å². The zero-order valence-corrected chi connectivity index (χ0v) is 15.6. The third kappa shape index (κ3) is 5.48. The number of carbonyl (C=O) groups excluding carboxylic acids is 2. The minimum Gasteiger partial charge on any atom is -0.352 e. The van der Waals surface area contributed by atoms with Gasteiger partial charge in [0.15, 0.2) is 0 Å². The van der Waals surface area contributed by atoms with Gasteiger partial charge in [-0.3, -0.25) is 9.59 Å². The van der Waals surface area contributed by atoms with Crippen LogP contribution in [0.3, 0.4) is 0 Å². The van der Waals surface area contributed by atoms with Crippen molar-refractivity contribution in [3.05, 3.63) is 69.2 Å². The Morgan fingerprint density at radius 3 is 2.52 bits per heavy atom. The number of hydrogen-bond acceptors (Lipinski definition) is 2. The van der Waals surface area contributed by atoms with Gasteiger partial charge < -0.3 is 10.6 Å². The lowest BCUT2D eigenvalue weighted by Crippen LogP contribution is -2.32. The van der Waals surface area contributed by atoms with Crippen LogP contribution in [0.1, 0.15) is 40.9 Å². The minimum absolute atomic E-state index is 0.163. The van der Waals surface area contributed by atoms with E-state index in [1.54, 1.807) is 24.3 Å². The lowest BCUT2D eigenvalue weighted by molar-refractivity contribution is -0.121. The van der Waals surface area contributed by atoms with E-state index in [-0.39, 0.29) is 30.8 Å². The molecule has 2 amide bonds. The zero-order chi connectivity index (χ0) is 18.4. The maximum atomic E-state index is 12.1. The number of halogens is 2. The summed E-state index contributed by atoms with van der Waals surface area (Å²) < 4.78 is 0. The molecule has 0 saturated heterocycles. The standard InChI is InChI=1S/C19H20Cl2N2O2/c1-12-5-3-4-6-15(12)19(25)22-10-9-18(24)23-13(2)16-8-7-14(20)11-17(16)21/h3-8,11,13H,9-10H2,1-2H3,(H,22,25)(H,23,24)/t13-/m1/s1. The summed E-state index contributed by atoms with van der Waals surface area (Å²) in [7, 11) is 0. The normalized spacial score (nSPS) is 11.7. The Morgan fingerprint density at radius 2 is 1.84 bits per heavy atom. The van der Waals surface area contributed by atoms with E-state index in [2.05, 4.69) is 10.6 Å². The average molecular weight is 379 g/mol. The Bertz CT molecular complexity index is 778. The fourth-order valence-corrected chi connectivity index (χ4v) is 3.03. The molecule has 2 N–H and O–H groups in total. The summed E-state index contributed by atoms with van der Waals surface area (Å²) >= 11 is 12.0. The van der Waals surface area contributed by atoms with Gasteiger partial charge in [-0.15, -0.1) is 0 Å². The van der Waals surface area contributed by atoms with E-state index in [0.717, 1.165) is 11.1 Å². The second kappa shape index (κ2) is 8.88. The molecule has 6 heteroatoms. The van der Waals surface area contributed by atoms with Crippen LogP contribution >= 0.6 is 23.2 Å². The van der Waals surface area contributed by atoms with Gasteiger partial charge in [-0.25, -0.2) is 0 Å². The van der Waals surface area contributed by atoms with Crippen molar-refractivity contribution in [2.45, 2.75) is 26.3 Å². The van der Waals surface area contributed by atoms with Gasteiger partial charge in [-0.05, 0) is 43.2 Å². The molecule has 0 fully saturated rings. The molecule has 0 saturated carbocycles. The molecule has 2 aromatic carbocycles. The van der Waals surface area contributed by atoms with Crippen molar-refractivity contribution in [2.24, 2.45) is 0 Å². The molecule has 1 atom stereocenters. The summed E-state index contributed by atoms with van der Waals surface area (Å²) in [5.74, 6) is -0.344. The highest BCUT2D eigenvalue weighted by Crippen LogP contribution is 2.26. The molecule has 0 heterocycles. The Morgan fingerprint density at radius 1 is 1.12 bits per heavy atom. The molecule has 2 aromatic rings. The Hall–Kier alpha value is -2.04. The highest BCUT2D eigenvalue weighted by molar-refractivity contribution is 6.35. The van der Waals surface area contributed by atoms with Gasteiger partial charge in [0, 0.05) is 28.6 Å². The highest BCUT2D eigenvalue weighted by Gasteiger charge is 2.14. The summed E-state index contributed by atoms with van der Waals surface area (Å²) in [6.07, 6.45) is 0.188. The number of aryl methyl sites for hydroxylation is 1. The number of carbonyl (C=O) groups is 2. The maximum Gasteiger partial charge on any atom is 0.251 e. The summed E-state index contributed by atoms with van der Waals surface area (Å²) in [5, 5.41) is 6.68. The smallest absolute Gasteiger partial charge is 0.251 e. The quantitative estimate of drug-likeness (QED) is 0.786. The number of rotatable bonds is 6. The molecule has 25 heavy (non-hydrogen) atoms. The second-order valence-electron chi connectivity index (χ2n) is 5.78. The van der Waals surface area contributed by atoms with Gasteiger partial charge in [-0.2, -0.15) is 0 Å². The molecule has 2 rings (SSSR count). The van der Waals surface area contributed by atoms with Crippen LogP contribution in [0.4, 0.5) is 0 Å². The van der Waals surface area contributed by atoms with Crippen molar-refractivity contribution < 1.29 is 9.59 Å². The van der Waals surface area contributed by atoms with Crippen LogP contribution in [-0.4, -0.2) is 18.4 Å². The molecule has 0 bridgehead atoms. The van der Waals surface area contributed by atoms with Crippen LogP contribution in [0.25, 0.3) is 0 Å². The number of benzene rings is 2. The lowest BCUT2D eigenvalue weighted by atomic mass is 10.1. The molecule has 0 radical (unpaired) electrons. The van der Waals surface area contributed by atoms with Gasteiger partial charge in [0.1, 0.15) is 0 Å². The second-order valence-corrected chi connectivity index (χ2v) is 6.62. The molecular formula is C19H20Cl2N2O2. The van der Waals surface area contributed by atoms with Gasteiger partial charge in [0.05, 0.1) is 6.04 Å².